The molecule has 2 saturated heterocycles. The summed E-state index contributed by atoms with van der Waals surface area (Å²) in [6.07, 6.45) is 2.36. The molecule has 0 bridgehead atoms. The Morgan fingerprint density at radius 3 is 1.81 bits per heavy atom. The molecule has 1 N–H and O–H groups in total. The molecule has 0 saturated carbocycles. The average molecular weight is 699 g/mol. The van der Waals surface area contributed by atoms with Crippen LogP contribution in [0.2, 0.25) is 0 Å². The normalized spacial score (nSPS) is 16.0. The fraction of sp³-hybridized carbons (Fsp3) is 0.719. The maximum absolute atomic E-state index is 12.1. The number of ether oxygens (including phenoxy) is 4. The molecule has 0 aliphatic carbocycles. The Bertz CT molecular complexity index is 1240. The Balaban J connectivity index is 0.000000327. The molecule has 2 aliphatic rings. The Hall–Kier alpha value is -3.20. The maximum atomic E-state index is 12.1. The number of nitrogens with zero attached hydrogens (tertiary/aromatic N) is 3. The molecule has 2 fully saturated rings. The highest BCUT2D eigenvalue weighted by molar-refractivity contribution is 8.14. The van der Waals surface area contributed by atoms with E-state index in [1.807, 2.05) is 41.5 Å². The standard InChI is InChI=1S/C16H26N2O5S.C16H24N2O4S/c1-5-22-14(20)12(19)10-24-13(17)11-6-8-18(9-7-11)15(21)23-16(2,3)4;1-5-21-14(19)12-10-23-13(17-12)11-6-8-18(9-7-11)15(20)22-16(2,3)4/h11,17H,5-10H2,1-4H3;10-11H,5-9H2,1-4H3. The third-order valence-electron chi connectivity index (χ3n) is 6.88. The van der Waals surface area contributed by atoms with E-state index in [4.69, 9.17) is 19.6 Å². The average Bonchev–Trinajstić information content (AvgIpc) is 3.49. The topological polar surface area (TPSA) is 165 Å². The van der Waals surface area contributed by atoms with Gasteiger partial charge in [-0.2, -0.15) is 0 Å². The third-order valence-corrected chi connectivity index (χ3v) is 8.94. The molecule has 2 amide bonds. The number of aromatic nitrogens is 1. The summed E-state index contributed by atoms with van der Waals surface area (Å²) in [7, 11) is 0. The molecule has 1 aromatic rings. The van der Waals surface area contributed by atoms with Crippen molar-refractivity contribution in [3.8, 4) is 0 Å². The van der Waals surface area contributed by atoms with Crippen LogP contribution in [-0.2, 0) is 28.5 Å². The van der Waals surface area contributed by atoms with Gasteiger partial charge in [-0.25, -0.2) is 24.2 Å². The Labute approximate surface area is 285 Å². The van der Waals surface area contributed by atoms with E-state index in [9.17, 15) is 24.0 Å². The maximum Gasteiger partial charge on any atom is 0.410 e. The number of ketones is 1. The van der Waals surface area contributed by atoms with Crippen molar-refractivity contribution in [1.82, 2.24) is 14.8 Å². The number of nitrogens with one attached hydrogen (secondary N) is 1. The highest BCUT2D eigenvalue weighted by Gasteiger charge is 2.30. The highest BCUT2D eigenvalue weighted by atomic mass is 32.2. The van der Waals surface area contributed by atoms with Gasteiger partial charge in [0.05, 0.1) is 29.0 Å². The van der Waals surface area contributed by atoms with E-state index >= 15 is 0 Å². The van der Waals surface area contributed by atoms with Gasteiger partial charge in [0.1, 0.15) is 11.2 Å². The molecule has 264 valence electrons. The fourth-order valence-electron chi connectivity index (χ4n) is 4.59. The van der Waals surface area contributed by atoms with Gasteiger partial charge >= 0.3 is 24.1 Å². The van der Waals surface area contributed by atoms with Gasteiger partial charge in [0.2, 0.25) is 5.78 Å². The predicted molar refractivity (Wildman–Crippen MR) is 180 cm³/mol. The van der Waals surface area contributed by atoms with Crippen molar-refractivity contribution in [3.05, 3.63) is 16.1 Å². The SMILES string of the molecule is CCOC(=O)C(=O)CSC(=N)C1CCN(C(=O)OC(C)(C)C)CC1.CCOC(=O)c1csc(C2CCN(C(=O)OC(C)(C)C)CC2)n1. The van der Waals surface area contributed by atoms with Crippen molar-refractivity contribution in [2.75, 3.05) is 45.1 Å². The zero-order valence-corrected chi connectivity index (χ0v) is 30.5. The summed E-state index contributed by atoms with van der Waals surface area (Å²) < 4.78 is 20.3. The van der Waals surface area contributed by atoms with Gasteiger partial charge < -0.3 is 28.7 Å². The highest BCUT2D eigenvalue weighted by Crippen LogP contribution is 2.31. The predicted octanol–water partition coefficient (Wildman–Crippen LogP) is 5.91. The summed E-state index contributed by atoms with van der Waals surface area (Å²) >= 11 is 2.55. The molecule has 0 spiro atoms. The van der Waals surface area contributed by atoms with Crippen LogP contribution in [0.1, 0.15) is 102 Å². The summed E-state index contributed by atoms with van der Waals surface area (Å²) in [6.45, 7) is 17.3. The van der Waals surface area contributed by atoms with E-state index in [1.54, 1.807) is 29.0 Å². The quantitative estimate of drug-likeness (QED) is 0.113. The van der Waals surface area contributed by atoms with Crippen LogP contribution in [0.4, 0.5) is 9.59 Å². The number of carbonyl (C=O) groups excluding carboxylic acids is 5. The Kier molecular flexibility index (Phi) is 15.6. The van der Waals surface area contributed by atoms with Crippen LogP contribution in [0.25, 0.3) is 0 Å². The fourth-order valence-corrected chi connectivity index (χ4v) is 6.43. The molecule has 13 nitrogen and oxygen atoms in total. The zero-order valence-electron chi connectivity index (χ0n) is 28.8. The molecule has 2 aliphatic heterocycles. The summed E-state index contributed by atoms with van der Waals surface area (Å²) in [6, 6.07) is 0. The van der Waals surface area contributed by atoms with Crippen LogP contribution in [0.3, 0.4) is 0 Å². The van der Waals surface area contributed by atoms with Gasteiger partial charge in [-0.3, -0.25) is 10.2 Å². The smallest absolute Gasteiger partial charge is 0.410 e. The summed E-state index contributed by atoms with van der Waals surface area (Å²) in [5.41, 5.74) is -0.622. The van der Waals surface area contributed by atoms with Gasteiger partial charge in [-0.05, 0) is 81.1 Å². The number of amides is 2. The number of esters is 2. The minimum Gasteiger partial charge on any atom is -0.461 e. The summed E-state index contributed by atoms with van der Waals surface area (Å²) in [5, 5.41) is 11.1. The van der Waals surface area contributed by atoms with E-state index in [1.165, 1.54) is 11.3 Å². The lowest BCUT2D eigenvalue weighted by Crippen LogP contribution is -2.42. The second-order valence-electron chi connectivity index (χ2n) is 13.1. The molecule has 15 heteroatoms. The van der Waals surface area contributed by atoms with Gasteiger partial charge in [0.15, 0.2) is 5.69 Å². The lowest BCUT2D eigenvalue weighted by atomic mass is 9.98. The number of piperidine rings is 2. The molecular weight excluding hydrogens is 649 g/mol. The molecular formula is C32H50N4O9S2. The van der Waals surface area contributed by atoms with Crippen LogP contribution >= 0.6 is 23.1 Å². The monoisotopic (exact) mass is 698 g/mol. The van der Waals surface area contributed by atoms with Crippen molar-refractivity contribution in [1.29, 1.82) is 5.41 Å². The van der Waals surface area contributed by atoms with Crippen molar-refractivity contribution in [3.63, 3.8) is 0 Å². The molecule has 3 rings (SSSR count). The number of hydrogen-bond acceptors (Lipinski definition) is 13. The van der Waals surface area contributed by atoms with E-state index < -0.39 is 23.0 Å². The first-order chi connectivity index (χ1) is 21.9. The van der Waals surface area contributed by atoms with Gasteiger partial charge in [0.25, 0.3) is 0 Å². The molecule has 0 atom stereocenters. The molecule has 0 radical (unpaired) electrons. The number of thiazole rings is 1. The second-order valence-corrected chi connectivity index (χ2v) is 15.0. The van der Waals surface area contributed by atoms with E-state index in [2.05, 4.69) is 9.72 Å². The molecule has 47 heavy (non-hydrogen) atoms. The lowest BCUT2D eigenvalue weighted by Gasteiger charge is -2.33. The van der Waals surface area contributed by atoms with E-state index in [0.717, 1.165) is 29.6 Å². The molecule has 3 heterocycles. The minimum atomic E-state index is -0.849. The van der Waals surface area contributed by atoms with Crippen molar-refractivity contribution in [2.45, 2.75) is 98.2 Å². The molecule has 0 unspecified atom stereocenters. The first-order valence-electron chi connectivity index (χ1n) is 15.9. The largest absolute Gasteiger partial charge is 0.461 e. The molecule has 0 aromatic carbocycles. The minimum absolute atomic E-state index is 0.00341. The zero-order chi connectivity index (χ0) is 35.4. The van der Waals surface area contributed by atoms with Crippen molar-refractivity contribution >= 4 is 58.1 Å². The third kappa shape index (κ3) is 14.2. The van der Waals surface area contributed by atoms with E-state index in [-0.39, 0.29) is 42.4 Å². The number of Topliss-reactive ketones (excluding diaryl/α,β-unsaturated/α-hetero) is 1. The van der Waals surface area contributed by atoms with Crippen LogP contribution < -0.4 is 0 Å². The summed E-state index contributed by atoms with van der Waals surface area (Å²) in [4.78, 5) is 66.3. The van der Waals surface area contributed by atoms with Crippen LogP contribution in [0, 0.1) is 11.3 Å². The van der Waals surface area contributed by atoms with Gasteiger partial charge in [-0.15, -0.1) is 23.1 Å². The number of thioether (sulfide) groups is 1. The van der Waals surface area contributed by atoms with Crippen molar-refractivity contribution < 1.29 is 42.9 Å². The van der Waals surface area contributed by atoms with Crippen LogP contribution in [0.15, 0.2) is 5.38 Å². The number of rotatable bonds is 8. The van der Waals surface area contributed by atoms with E-state index in [0.29, 0.717) is 56.4 Å². The Morgan fingerprint density at radius 1 is 0.851 bits per heavy atom. The number of likely N-dealkylation sites (tertiary alicyclic amines) is 2. The number of hydrogen-bond donors (Lipinski definition) is 1. The summed E-state index contributed by atoms with van der Waals surface area (Å²) in [5.74, 6) is -1.65. The first kappa shape index (κ1) is 40.0. The first-order valence-corrected chi connectivity index (χ1v) is 17.8. The van der Waals surface area contributed by atoms with Gasteiger partial charge in [-0.1, -0.05) is 0 Å². The van der Waals surface area contributed by atoms with Crippen LogP contribution in [0.5, 0.6) is 0 Å². The van der Waals surface area contributed by atoms with Gasteiger partial charge in [0, 0.05) is 43.4 Å². The Morgan fingerprint density at radius 2 is 1.34 bits per heavy atom. The second kappa shape index (κ2) is 18.4. The van der Waals surface area contributed by atoms with Crippen LogP contribution in [-0.4, -0.2) is 106 Å². The number of carbonyl (C=O) groups is 5. The van der Waals surface area contributed by atoms with Crippen molar-refractivity contribution in [2.24, 2.45) is 5.92 Å². The molecule has 1 aromatic heterocycles. The lowest BCUT2D eigenvalue weighted by molar-refractivity contribution is -0.152.